The largest absolute Gasteiger partial charge is 0.465 e. The van der Waals surface area contributed by atoms with Crippen LogP contribution in [-0.4, -0.2) is 70.6 Å². The number of alkyl carbamates (subject to hydrolysis) is 1. The van der Waals surface area contributed by atoms with E-state index in [0.29, 0.717) is 24.9 Å². The number of ether oxygens (including phenoxy) is 2. The van der Waals surface area contributed by atoms with Crippen LogP contribution < -0.4 is 10.6 Å². The van der Waals surface area contributed by atoms with Crippen molar-refractivity contribution < 1.29 is 38.2 Å². The van der Waals surface area contributed by atoms with E-state index in [-0.39, 0.29) is 41.4 Å². The predicted octanol–water partition coefficient (Wildman–Crippen LogP) is 3.73. The molecule has 2 heterocycles. The maximum atomic E-state index is 13.7. The van der Waals surface area contributed by atoms with Crippen molar-refractivity contribution in [3.05, 3.63) is 65.5 Å². The number of methoxy groups -OCH3 is 1. The van der Waals surface area contributed by atoms with Crippen LogP contribution in [0.5, 0.6) is 0 Å². The van der Waals surface area contributed by atoms with Crippen molar-refractivity contribution in [1.82, 2.24) is 20.5 Å². The molecule has 1 aliphatic heterocycles. The lowest BCUT2D eigenvalue weighted by atomic mass is 9.97. The first-order valence-electron chi connectivity index (χ1n) is 14.7. The van der Waals surface area contributed by atoms with Crippen LogP contribution in [0.4, 0.5) is 4.79 Å². The highest BCUT2D eigenvalue weighted by Gasteiger charge is 2.40. The number of aromatic nitrogens is 1. The number of aliphatic hydroxyl groups is 1. The number of hydrogen-bond acceptors (Lipinski definition) is 9. The van der Waals surface area contributed by atoms with Crippen molar-refractivity contribution in [1.29, 1.82) is 0 Å². The van der Waals surface area contributed by atoms with E-state index in [0.717, 1.165) is 5.56 Å². The number of fused-ring (bicyclic) bond motifs is 1. The smallest absolute Gasteiger partial charge is 0.408 e. The van der Waals surface area contributed by atoms with Crippen molar-refractivity contribution in [2.24, 2.45) is 11.8 Å². The SMILES string of the molecule is COC(=O)c1ccc2nc(C(O)[C@@H](NC(=O)[C@@H]3CCCN3C(=O)[C@@H](NC(=O)OCc3ccccc3)C(C)C)C(C)C)oc2c1. The Kier molecular flexibility index (Phi) is 10.6. The lowest BCUT2D eigenvalue weighted by molar-refractivity contribution is -0.141. The topological polar surface area (TPSA) is 160 Å². The number of amides is 3. The molecule has 1 unspecified atom stereocenters. The second kappa shape index (κ2) is 14.3. The van der Waals surface area contributed by atoms with E-state index in [9.17, 15) is 24.3 Å². The normalized spacial score (nSPS) is 16.9. The van der Waals surface area contributed by atoms with Gasteiger partial charge in [-0.25, -0.2) is 14.6 Å². The fraction of sp³-hybridized carbons (Fsp3) is 0.469. The van der Waals surface area contributed by atoms with Gasteiger partial charge in [-0.15, -0.1) is 0 Å². The van der Waals surface area contributed by atoms with Crippen LogP contribution in [-0.2, 0) is 25.7 Å². The van der Waals surface area contributed by atoms with Gasteiger partial charge in [-0.05, 0) is 48.4 Å². The van der Waals surface area contributed by atoms with Gasteiger partial charge in [-0.3, -0.25) is 9.59 Å². The van der Waals surface area contributed by atoms with Crippen LogP contribution in [0.2, 0.25) is 0 Å². The molecule has 236 valence electrons. The Hall–Kier alpha value is -4.45. The summed E-state index contributed by atoms with van der Waals surface area (Å²) < 4.78 is 15.8. The molecule has 4 atom stereocenters. The summed E-state index contributed by atoms with van der Waals surface area (Å²) in [5.74, 6) is -1.85. The molecule has 0 radical (unpaired) electrons. The maximum absolute atomic E-state index is 13.7. The maximum Gasteiger partial charge on any atom is 0.408 e. The molecule has 3 N–H and O–H groups in total. The van der Waals surface area contributed by atoms with E-state index in [1.807, 2.05) is 58.0 Å². The monoisotopic (exact) mass is 608 g/mol. The number of nitrogens with zero attached hydrogens (tertiary/aromatic N) is 2. The van der Waals surface area contributed by atoms with E-state index >= 15 is 0 Å². The molecular formula is C32H40N4O8. The summed E-state index contributed by atoms with van der Waals surface area (Å²) in [6, 6.07) is 11.3. The number of likely N-dealkylation sites (tertiary alicyclic amines) is 1. The zero-order valence-electron chi connectivity index (χ0n) is 25.6. The minimum atomic E-state index is -1.30. The van der Waals surface area contributed by atoms with E-state index < -0.39 is 42.2 Å². The molecule has 4 rings (SSSR count). The number of rotatable bonds is 11. The lowest BCUT2D eigenvalue weighted by Gasteiger charge is -2.32. The fourth-order valence-corrected chi connectivity index (χ4v) is 5.23. The average molecular weight is 609 g/mol. The van der Waals surface area contributed by atoms with Gasteiger partial charge in [0.2, 0.25) is 17.7 Å². The molecule has 0 saturated carbocycles. The number of carbonyl (C=O) groups is 4. The van der Waals surface area contributed by atoms with Gasteiger partial charge in [-0.1, -0.05) is 58.0 Å². The van der Waals surface area contributed by atoms with Gasteiger partial charge in [0.1, 0.15) is 24.2 Å². The average Bonchev–Trinajstić information content (AvgIpc) is 3.68. The molecule has 3 amide bonds. The van der Waals surface area contributed by atoms with E-state index in [1.165, 1.54) is 18.1 Å². The van der Waals surface area contributed by atoms with Crippen LogP contribution in [0.3, 0.4) is 0 Å². The number of hydrogen-bond donors (Lipinski definition) is 3. The summed E-state index contributed by atoms with van der Waals surface area (Å²) in [6.07, 6.45) is -0.986. The molecule has 0 bridgehead atoms. The minimum Gasteiger partial charge on any atom is -0.465 e. The van der Waals surface area contributed by atoms with Gasteiger partial charge < -0.3 is 34.5 Å². The van der Waals surface area contributed by atoms with Crippen LogP contribution in [0.15, 0.2) is 52.9 Å². The highest BCUT2D eigenvalue weighted by Crippen LogP contribution is 2.27. The van der Waals surface area contributed by atoms with Crippen molar-refractivity contribution in [2.45, 2.75) is 71.4 Å². The first-order chi connectivity index (χ1) is 21.0. The zero-order chi connectivity index (χ0) is 32.0. The Morgan fingerprint density at radius 2 is 1.77 bits per heavy atom. The van der Waals surface area contributed by atoms with Gasteiger partial charge in [0, 0.05) is 6.54 Å². The summed E-state index contributed by atoms with van der Waals surface area (Å²) in [6.45, 7) is 7.71. The summed E-state index contributed by atoms with van der Waals surface area (Å²) in [7, 11) is 1.28. The highest BCUT2D eigenvalue weighted by atomic mass is 16.5. The van der Waals surface area contributed by atoms with Crippen molar-refractivity contribution in [2.75, 3.05) is 13.7 Å². The third-order valence-corrected chi connectivity index (χ3v) is 7.70. The molecule has 2 aromatic carbocycles. The van der Waals surface area contributed by atoms with Crippen molar-refractivity contribution >= 4 is 35.0 Å². The first kappa shape index (κ1) is 32.5. The lowest BCUT2D eigenvalue weighted by Crippen LogP contribution is -2.56. The summed E-state index contributed by atoms with van der Waals surface area (Å²) >= 11 is 0. The number of oxazole rings is 1. The predicted molar refractivity (Wildman–Crippen MR) is 160 cm³/mol. The van der Waals surface area contributed by atoms with Gasteiger partial charge in [-0.2, -0.15) is 0 Å². The van der Waals surface area contributed by atoms with Gasteiger partial charge in [0.05, 0.1) is 18.7 Å². The fourth-order valence-electron chi connectivity index (χ4n) is 5.23. The Morgan fingerprint density at radius 3 is 2.43 bits per heavy atom. The zero-order valence-corrected chi connectivity index (χ0v) is 25.6. The number of carbonyl (C=O) groups excluding carboxylic acids is 4. The van der Waals surface area contributed by atoms with E-state index in [2.05, 4.69) is 15.6 Å². The molecule has 1 aromatic heterocycles. The summed E-state index contributed by atoms with van der Waals surface area (Å²) in [5, 5.41) is 16.8. The van der Waals surface area contributed by atoms with Crippen LogP contribution in [0.1, 0.15) is 68.5 Å². The highest BCUT2D eigenvalue weighted by molar-refractivity contribution is 5.93. The first-order valence-corrected chi connectivity index (χ1v) is 14.7. The summed E-state index contributed by atoms with van der Waals surface area (Å²) in [4.78, 5) is 57.5. The molecule has 12 nitrogen and oxygen atoms in total. The van der Waals surface area contributed by atoms with Crippen LogP contribution in [0.25, 0.3) is 11.1 Å². The van der Waals surface area contributed by atoms with Crippen molar-refractivity contribution in [3.63, 3.8) is 0 Å². The van der Waals surface area contributed by atoms with Crippen LogP contribution >= 0.6 is 0 Å². The molecule has 3 aromatic rings. The molecular weight excluding hydrogens is 568 g/mol. The molecule has 44 heavy (non-hydrogen) atoms. The molecule has 0 spiro atoms. The van der Waals surface area contributed by atoms with Gasteiger partial charge in [0.25, 0.3) is 0 Å². The Balaban J connectivity index is 1.43. The van der Waals surface area contributed by atoms with Crippen molar-refractivity contribution in [3.8, 4) is 0 Å². The Bertz CT molecular complexity index is 1470. The quantitative estimate of drug-likeness (QED) is 0.276. The van der Waals surface area contributed by atoms with Gasteiger partial charge in [0.15, 0.2) is 11.7 Å². The summed E-state index contributed by atoms with van der Waals surface area (Å²) in [5.41, 5.74) is 1.81. The third-order valence-electron chi connectivity index (χ3n) is 7.70. The van der Waals surface area contributed by atoms with Crippen LogP contribution in [0, 0.1) is 11.8 Å². The molecule has 1 saturated heterocycles. The standard InChI is InChI=1S/C32H40N4O8/c1-18(2)25(27(37)29-33-22-14-13-21(31(40)42-5)16-24(22)44-29)34-28(38)23-12-9-15-36(23)30(39)26(19(3)4)35-32(41)43-17-20-10-7-6-8-11-20/h6-8,10-11,13-14,16,18-19,23,25-27,37H,9,12,15,17H2,1-5H3,(H,34,38)(H,35,41)/t23-,25-,26-,27?/m0/s1. The minimum absolute atomic E-state index is 0.0153. The number of nitrogens with one attached hydrogen (secondary N) is 2. The molecule has 12 heteroatoms. The van der Waals surface area contributed by atoms with Gasteiger partial charge >= 0.3 is 12.1 Å². The molecule has 1 aliphatic rings. The number of esters is 1. The second-order valence-corrected chi connectivity index (χ2v) is 11.6. The molecule has 1 fully saturated rings. The Morgan fingerprint density at radius 1 is 1.05 bits per heavy atom. The number of aliphatic hydroxyl groups excluding tert-OH is 1. The third kappa shape index (κ3) is 7.54. The number of benzene rings is 2. The van der Waals surface area contributed by atoms with E-state index in [1.54, 1.807) is 12.1 Å². The van der Waals surface area contributed by atoms with E-state index in [4.69, 9.17) is 13.9 Å². The second-order valence-electron chi connectivity index (χ2n) is 11.6. The molecule has 0 aliphatic carbocycles. The Labute approximate surface area is 256 Å².